The van der Waals surface area contributed by atoms with E-state index in [4.69, 9.17) is 0 Å². The quantitative estimate of drug-likeness (QED) is 0.746. The second-order valence-electron chi connectivity index (χ2n) is 7.21. The third-order valence-corrected chi connectivity index (χ3v) is 5.26. The molecule has 3 heterocycles. The Bertz CT molecular complexity index is 682. The fourth-order valence-electron chi connectivity index (χ4n) is 3.71. The molecule has 2 aliphatic heterocycles. The molecule has 0 radical (unpaired) electrons. The second-order valence-corrected chi connectivity index (χ2v) is 7.21. The molecule has 3 N–H and O–H groups in total. The van der Waals surface area contributed by atoms with Crippen LogP contribution in [0.25, 0.3) is 0 Å². The summed E-state index contributed by atoms with van der Waals surface area (Å²) < 4.78 is 0. The van der Waals surface area contributed by atoms with Gasteiger partial charge in [0.05, 0.1) is 5.69 Å². The van der Waals surface area contributed by atoms with Crippen molar-refractivity contribution in [3.05, 3.63) is 21.6 Å². The number of aromatic nitrogens is 2. The Morgan fingerprint density at radius 3 is 3.04 bits per heavy atom. The summed E-state index contributed by atoms with van der Waals surface area (Å²) in [7, 11) is 0. The zero-order valence-electron chi connectivity index (χ0n) is 13.9. The van der Waals surface area contributed by atoms with Crippen LogP contribution in [0.15, 0.2) is 4.79 Å². The third-order valence-electron chi connectivity index (χ3n) is 5.26. The molecule has 1 saturated heterocycles. The lowest BCUT2D eigenvalue weighted by Crippen LogP contribution is -2.42. The molecule has 7 heteroatoms. The number of anilines is 1. The average Bonchev–Trinajstić information content (AvgIpc) is 3.45. The van der Waals surface area contributed by atoms with Crippen molar-refractivity contribution >= 4 is 11.9 Å². The summed E-state index contributed by atoms with van der Waals surface area (Å²) in [5, 5.41) is 6.53. The van der Waals surface area contributed by atoms with Crippen LogP contribution in [0.2, 0.25) is 0 Å². The lowest BCUT2D eigenvalue weighted by Gasteiger charge is -2.33. The number of piperidine rings is 1. The van der Waals surface area contributed by atoms with Gasteiger partial charge in [-0.05, 0) is 44.6 Å². The van der Waals surface area contributed by atoms with E-state index in [-0.39, 0.29) is 5.56 Å². The molecule has 0 aromatic carbocycles. The Hall–Kier alpha value is -1.89. The molecule has 1 atom stereocenters. The van der Waals surface area contributed by atoms with Gasteiger partial charge >= 0.3 is 0 Å². The van der Waals surface area contributed by atoms with Crippen molar-refractivity contribution in [3.8, 4) is 0 Å². The molecular formula is C17H25N5O2. The van der Waals surface area contributed by atoms with Crippen LogP contribution in [0.4, 0.5) is 5.95 Å². The molecule has 4 rings (SSSR count). The molecular weight excluding hydrogens is 306 g/mol. The summed E-state index contributed by atoms with van der Waals surface area (Å²) in [6.45, 7) is 3.94. The molecule has 1 amide bonds. The number of fused-ring (bicyclic) bond motifs is 1. The van der Waals surface area contributed by atoms with Crippen molar-refractivity contribution in [2.24, 2.45) is 11.8 Å². The van der Waals surface area contributed by atoms with Crippen LogP contribution in [0.1, 0.15) is 36.9 Å². The summed E-state index contributed by atoms with van der Waals surface area (Å²) in [4.78, 5) is 33.8. The number of hydrogen-bond acceptors (Lipinski definition) is 5. The van der Waals surface area contributed by atoms with Gasteiger partial charge in [0.1, 0.15) is 0 Å². The van der Waals surface area contributed by atoms with E-state index in [1.165, 1.54) is 0 Å². The number of rotatable bonds is 4. The van der Waals surface area contributed by atoms with Gasteiger partial charge in [-0.25, -0.2) is 4.98 Å². The van der Waals surface area contributed by atoms with Crippen molar-refractivity contribution in [2.75, 3.05) is 31.5 Å². The Kier molecular flexibility index (Phi) is 4.26. The number of nitrogens with one attached hydrogen (secondary N) is 3. The molecule has 0 bridgehead atoms. The molecule has 1 aromatic rings. The standard InChI is InChI=1S/C17H25N5O2/c23-15-13-5-6-18-9-14(13)20-17(21-15)19-8-11-2-1-7-22(10-11)16(24)12-3-4-12/h11-12,18H,1-10H2,(H2,19,20,21,23)/t11-/m1/s1. The van der Waals surface area contributed by atoms with Gasteiger partial charge < -0.3 is 15.5 Å². The van der Waals surface area contributed by atoms with Gasteiger partial charge in [0.25, 0.3) is 5.56 Å². The highest BCUT2D eigenvalue weighted by molar-refractivity contribution is 5.81. The number of aromatic amines is 1. The highest BCUT2D eigenvalue weighted by atomic mass is 16.2. The van der Waals surface area contributed by atoms with Gasteiger partial charge in [-0.15, -0.1) is 0 Å². The number of carbonyl (C=O) groups excluding carboxylic acids is 1. The number of amides is 1. The first-order valence-electron chi connectivity index (χ1n) is 9.06. The van der Waals surface area contributed by atoms with Gasteiger partial charge in [-0.2, -0.15) is 0 Å². The monoisotopic (exact) mass is 331 g/mol. The van der Waals surface area contributed by atoms with Crippen molar-refractivity contribution in [2.45, 2.75) is 38.6 Å². The number of hydrogen-bond donors (Lipinski definition) is 3. The molecule has 1 saturated carbocycles. The highest BCUT2D eigenvalue weighted by Crippen LogP contribution is 2.32. The highest BCUT2D eigenvalue weighted by Gasteiger charge is 2.35. The zero-order chi connectivity index (χ0) is 16.5. The van der Waals surface area contributed by atoms with Crippen molar-refractivity contribution in [1.29, 1.82) is 0 Å². The van der Waals surface area contributed by atoms with E-state index in [0.29, 0.717) is 30.2 Å². The first kappa shape index (κ1) is 15.6. The molecule has 24 heavy (non-hydrogen) atoms. The fourth-order valence-corrected chi connectivity index (χ4v) is 3.71. The van der Waals surface area contributed by atoms with Gasteiger partial charge in [-0.1, -0.05) is 0 Å². The van der Waals surface area contributed by atoms with Crippen LogP contribution >= 0.6 is 0 Å². The van der Waals surface area contributed by atoms with Crippen LogP contribution in [0.3, 0.4) is 0 Å². The maximum atomic E-state index is 12.2. The van der Waals surface area contributed by atoms with E-state index in [9.17, 15) is 9.59 Å². The van der Waals surface area contributed by atoms with Crippen LogP contribution in [-0.2, 0) is 17.8 Å². The topological polar surface area (TPSA) is 90.1 Å². The summed E-state index contributed by atoms with van der Waals surface area (Å²) >= 11 is 0. The van der Waals surface area contributed by atoms with E-state index in [1.807, 2.05) is 4.90 Å². The minimum atomic E-state index is -0.0295. The number of nitrogens with zero attached hydrogens (tertiary/aromatic N) is 2. The predicted molar refractivity (Wildman–Crippen MR) is 90.8 cm³/mol. The second kappa shape index (κ2) is 6.55. The van der Waals surface area contributed by atoms with Crippen molar-refractivity contribution in [1.82, 2.24) is 20.2 Å². The number of H-pyrrole nitrogens is 1. The summed E-state index contributed by atoms with van der Waals surface area (Å²) in [5.41, 5.74) is 1.62. The maximum absolute atomic E-state index is 12.2. The smallest absolute Gasteiger partial charge is 0.255 e. The first-order valence-corrected chi connectivity index (χ1v) is 9.06. The fraction of sp³-hybridized carbons (Fsp3) is 0.706. The summed E-state index contributed by atoms with van der Waals surface area (Å²) in [5.74, 6) is 1.60. The molecule has 1 aromatic heterocycles. The zero-order valence-corrected chi connectivity index (χ0v) is 13.9. The maximum Gasteiger partial charge on any atom is 0.255 e. The first-order chi connectivity index (χ1) is 11.7. The average molecular weight is 331 g/mol. The number of likely N-dealkylation sites (tertiary alicyclic amines) is 1. The van der Waals surface area contributed by atoms with E-state index >= 15 is 0 Å². The minimum absolute atomic E-state index is 0.0295. The van der Waals surface area contributed by atoms with Gasteiger partial charge in [0.15, 0.2) is 0 Å². The molecule has 3 aliphatic rings. The summed E-state index contributed by atoms with van der Waals surface area (Å²) in [6, 6.07) is 0. The van der Waals surface area contributed by atoms with E-state index < -0.39 is 0 Å². The lowest BCUT2D eigenvalue weighted by molar-refractivity contribution is -0.134. The SMILES string of the molecule is O=C(C1CC1)N1CCC[C@H](CNc2nc3c(c(=O)[nH]2)CCNC3)C1. The van der Waals surface area contributed by atoms with Crippen LogP contribution in [0.5, 0.6) is 0 Å². The number of carbonyl (C=O) groups is 1. The Labute approximate surface area is 141 Å². The Morgan fingerprint density at radius 2 is 2.21 bits per heavy atom. The summed E-state index contributed by atoms with van der Waals surface area (Å²) in [6.07, 6.45) is 5.03. The third kappa shape index (κ3) is 3.31. The molecule has 0 spiro atoms. The molecule has 0 unspecified atom stereocenters. The van der Waals surface area contributed by atoms with E-state index in [1.54, 1.807) is 0 Å². The van der Waals surface area contributed by atoms with Crippen molar-refractivity contribution < 1.29 is 4.79 Å². The van der Waals surface area contributed by atoms with Crippen LogP contribution < -0.4 is 16.2 Å². The van der Waals surface area contributed by atoms with Crippen LogP contribution in [0, 0.1) is 11.8 Å². The Balaban J connectivity index is 1.37. The molecule has 7 nitrogen and oxygen atoms in total. The van der Waals surface area contributed by atoms with Crippen LogP contribution in [-0.4, -0.2) is 47.0 Å². The van der Waals surface area contributed by atoms with E-state index in [0.717, 1.165) is 69.5 Å². The largest absolute Gasteiger partial charge is 0.355 e. The Morgan fingerprint density at radius 1 is 1.33 bits per heavy atom. The van der Waals surface area contributed by atoms with E-state index in [2.05, 4.69) is 20.6 Å². The minimum Gasteiger partial charge on any atom is -0.355 e. The molecule has 130 valence electrons. The lowest BCUT2D eigenvalue weighted by atomic mass is 9.97. The predicted octanol–water partition coefficient (Wildman–Crippen LogP) is 0.476. The normalized spacial score (nSPS) is 23.7. The molecule has 2 fully saturated rings. The van der Waals surface area contributed by atoms with Gasteiger partial charge in [-0.3, -0.25) is 14.6 Å². The van der Waals surface area contributed by atoms with Gasteiger partial charge in [0.2, 0.25) is 11.9 Å². The molecule has 1 aliphatic carbocycles. The van der Waals surface area contributed by atoms with Crippen molar-refractivity contribution in [3.63, 3.8) is 0 Å². The van der Waals surface area contributed by atoms with Gasteiger partial charge in [0, 0.05) is 37.7 Å².